The van der Waals surface area contributed by atoms with Crippen LogP contribution in [0.4, 0.5) is 0 Å². The van der Waals surface area contributed by atoms with Gasteiger partial charge in [0, 0.05) is 22.8 Å². The topological polar surface area (TPSA) is 68.5 Å². The molecule has 134 valence electrons. The summed E-state index contributed by atoms with van der Waals surface area (Å²) in [5.41, 5.74) is 1.29. The van der Waals surface area contributed by atoms with Crippen molar-refractivity contribution in [3.63, 3.8) is 0 Å². The number of thiazole rings is 1. The van der Waals surface area contributed by atoms with E-state index in [1.807, 2.05) is 4.57 Å². The van der Waals surface area contributed by atoms with Crippen LogP contribution in [0.5, 0.6) is 0 Å². The van der Waals surface area contributed by atoms with Gasteiger partial charge in [-0.3, -0.25) is 4.79 Å². The Bertz CT molecular complexity index is 1170. The Morgan fingerprint density at radius 1 is 1.27 bits per heavy atom. The van der Waals surface area contributed by atoms with Crippen LogP contribution in [0.1, 0.15) is 10.4 Å². The molecule has 0 aliphatic carbocycles. The van der Waals surface area contributed by atoms with Gasteiger partial charge in [0.25, 0.3) is 5.91 Å². The maximum Gasteiger partial charge on any atom is 0.279 e. The third-order valence-corrected chi connectivity index (χ3v) is 6.36. The molecule has 3 rings (SSSR count). The SMILES string of the molecule is C=CCn1c(=NC(=O)c2ccc(Br)cc2)sc2cc(S(C)(=O)=O)ccc21. The molecule has 0 fully saturated rings. The molecule has 0 N–H and O–H groups in total. The second-order valence-electron chi connectivity index (χ2n) is 5.61. The molecule has 0 aliphatic rings. The first-order valence-electron chi connectivity index (χ1n) is 7.58. The molecule has 0 saturated heterocycles. The van der Waals surface area contributed by atoms with Crippen molar-refractivity contribution in [2.75, 3.05) is 6.26 Å². The van der Waals surface area contributed by atoms with Crippen molar-refractivity contribution in [1.29, 1.82) is 0 Å². The van der Waals surface area contributed by atoms with E-state index in [-0.39, 0.29) is 10.8 Å². The molecule has 0 radical (unpaired) electrons. The Hall–Kier alpha value is -2.03. The van der Waals surface area contributed by atoms with Gasteiger partial charge < -0.3 is 4.57 Å². The molecule has 26 heavy (non-hydrogen) atoms. The predicted octanol–water partition coefficient (Wildman–Crippen LogP) is 3.80. The van der Waals surface area contributed by atoms with Crippen LogP contribution < -0.4 is 4.80 Å². The number of hydrogen-bond donors (Lipinski definition) is 0. The lowest BCUT2D eigenvalue weighted by molar-refractivity contribution is 0.0998. The van der Waals surface area contributed by atoms with Gasteiger partial charge in [0.15, 0.2) is 14.6 Å². The molecule has 5 nitrogen and oxygen atoms in total. The van der Waals surface area contributed by atoms with Gasteiger partial charge in [0.1, 0.15) is 0 Å². The zero-order valence-electron chi connectivity index (χ0n) is 13.8. The van der Waals surface area contributed by atoms with Gasteiger partial charge >= 0.3 is 0 Å². The smallest absolute Gasteiger partial charge is 0.279 e. The highest BCUT2D eigenvalue weighted by molar-refractivity contribution is 9.10. The highest BCUT2D eigenvalue weighted by Crippen LogP contribution is 2.22. The van der Waals surface area contributed by atoms with Crippen molar-refractivity contribution in [2.45, 2.75) is 11.4 Å². The summed E-state index contributed by atoms with van der Waals surface area (Å²) in [5.74, 6) is -0.356. The van der Waals surface area contributed by atoms with Gasteiger partial charge in [-0.15, -0.1) is 6.58 Å². The molecule has 1 heterocycles. The molecule has 0 bridgehead atoms. The fourth-order valence-corrected chi connectivity index (χ4v) is 4.48. The lowest BCUT2D eigenvalue weighted by Gasteiger charge is -2.02. The van der Waals surface area contributed by atoms with E-state index < -0.39 is 9.84 Å². The zero-order valence-corrected chi connectivity index (χ0v) is 17.1. The molecule has 0 aliphatic heterocycles. The number of carbonyl (C=O) groups is 1. The van der Waals surface area contributed by atoms with Crippen molar-refractivity contribution < 1.29 is 13.2 Å². The van der Waals surface area contributed by atoms with E-state index in [1.54, 1.807) is 48.5 Å². The first kappa shape index (κ1) is 18.8. The van der Waals surface area contributed by atoms with Crippen LogP contribution in [-0.4, -0.2) is 25.1 Å². The summed E-state index contributed by atoms with van der Waals surface area (Å²) in [6, 6.07) is 11.9. The molecule has 0 atom stereocenters. The van der Waals surface area contributed by atoms with Crippen LogP contribution in [0.15, 0.2) is 69.5 Å². The number of hydrogen-bond acceptors (Lipinski definition) is 4. The van der Waals surface area contributed by atoms with Crippen LogP contribution in [0.25, 0.3) is 10.2 Å². The summed E-state index contributed by atoms with van der Waals surface area (Å²) >= 11 is 4.61. The molecule has 0 saturated carbocycles. The maximum atomic E-state index is 12.5. The van der Waals surface area contributed by atoms with Crippen LogP contribution >= 0.6 is 27.3 Å². The minimum absolute atomic E-state index is 0.239. The quantitative estimate of drug-likeness (QED) is 0.567. The summed E-state index contributed by atoms with van der Waals surface area (Å²) in [6.07, 6.45) is 2.88. The molecule has 1 aromatic heterocycles. The highest BCUT2D eigenvalue weighted by Gasteiger charge is 2.13. The molecule has 0 spiro atoms. The second kappa shape index (κ2) is 7.30. The van der Waals surface area contributed by atoms with Crippen LogP contribution in [-0.2, 0) is 16.4 Å². The van der Waals surface area contributed by atoms with Gasteiger partial charge in [0.05, 0.1) is 15.1 Å². The molecule has 2 aromatic carbocycles. The van der Waals surface area contributed by atoms with Gasteiger partial charge in [-0.25, -0.2) is 8.42 Å². The number of benzene rings is 2. The van der Waals surface area contributed by atoms with E-state index in [2.05, 4.69) is 27.5 Å². The largest absolute Gasteiger partial charge is 0.312 e. The monoisotopic (exact) mass is 450 g/mol. The Labute approximate surface area is 163 Å². The average molecular weight is 451 g/mol. The van der Waals surface area contributed by atoms with Gasteiger partial charge in [0.2, 0.25) is 0 Å². The van der Waals surface area contributed by atoms with E-state index in [0.29, 0.717) is 16.9 Å². The maximum absolute atomic E-state index is 12.5. The van der Waals surface area contributed by atoms with E-state index in [0.717, 1.165) is 14.7 Å². The van der Waals surface area contributed by atoms with Crippen LogP contribution in [0, 0.1) is 0 Å². The Morgan fingerprint density at radius 2 is 1.96 bits per heavy atom. The average Bonchev–Trinajstić information content (AvgIpc) is 2.92. The molecule has 0 unspecified atom stereocenters. The number of sulfone groups is 1. The Balaban J connectivity index is 2.17. The Morgan fingerprint density at radius 3 is 2.58 bits per heavy atom. The molecule has 3 aromatic rings. The van der Waals surface area contributed by atoms with Crippen molar-refractivity contribution in [1.82, 2.24) is 4.57 Å². The fourth-order valence-electron chi connectivity index (χ4n) is 2.42. The molecule has 1 amide bonds. The number of halogens is 1. The van der Waals surface area contributed by atoms with E-state index >= 15 is 0 Å². The van der Waals surface area contributed by atoms with E-state index in [9.17, 15) is 13.2 Å². The van der Waals surface area contributed by atoms with Crippen molar-refractivity contribution >= 4 is 53.2 Å². The highest BCUT2D eigenvalue weighted by atomic mass is 79.9. The van der Waals surface area contributed by atoms with E-state index in [1.165, 1.54) is 17.6 Å². The third-order valence-electron chi connectivity index (χ3n) is 3.68. The minimum Gasteiger partial charge on any atom is -0.312 e. The number of carbonyl (C=O) groups excluding carboxylic acids is 1. The standard InChI is InChI=1S/C18H15BrN2O3S2/c1-3-10-21-15-9-8-14(26(2,23)24)11-16(15)25-18(21)20-17(22)12-4-6-13(19)7-5-12/h3-9,11H,1,10H2,2H3. The number of amides is 1. The number of fused-ring (bicyclic) bond motifs is 1. The van der Waals surface area contributed by atoms with Crippen molar-refractivity contribution in [2.24, 2.45) is 4.99 Å². The molecular formula is C18H15BrN2O3S2. The summed E-state index contributed by atoms with van der Waals surface area (Å²) in [6.45, 7) is 4.21. The van der Waals surface area contributed by atoms with Gasteiger partial charge in [-0.05, 0) is 42.5 Å². The summed E-state index contributed by atoms with van der Waals surface area (Å²) < 4.78 is 27.0. The predicted molar refractivity (Wildman–Crippen MR) is 107 cm³/mol. The number of aromatic nitrogens is 1. The third kappa shape index (κ3) is 3.87. The van der Waals surface area contributed by atoms with Crippen LogP contribution in [0.2, 0.25) is 0 Å². The minimum atomic E-state index is -3.31. The molecule has 8 heteroatoms. The lowest BCUT2D eigenvalue weighted by Crippen LogP contribution is -2.16. The fraction of sp³-hybridized carbons (Fsp3) is 0.111. The van der Waals surface area contributed by atoms with Gasteiger partial charge in [-0.1, -0.05) is 33.3 Å². The normalized spacial score (nSPS) is 12.5. The number of rotatable bonds is 4. The second-order valence-corrected chi connectivity index (χ2v) is 9.55. The van der Waals surface area contributed by atoms with E-state index in [4.69, 9.17) is 0 Å². The van der Waals surface area contributed by atoms with Crippen LogP contribution in [0.3, 0.4) is 0 Å². The van der Waals surface area contributed by atoms with Gasteiger partial charge in [-0.2, -0.15) is 4.99 Å². The summed E-state index contributed by atoms with van der Waals surface area (Å²) in [5, 5.41) is 0. The first-order valence-corrected chi connectivity index (χ1v) is 11.1. The first-order chi connectivity index (χ1) is 12.3. The zero-order chi connectivity index (χ0) is 18.9. The Kier molecular flexibility index (Phi) is 5.27. The van der Waals surface area contributed by atoms with Crippen molar-refractivity contribution in [3.05, 3.63) is 70.0 Å². The molecular weight excluding hydrogens is 436 g/mol. The lowest BCUT2D eigenvalue weighted by atomic mass is 10.2. The number of nitrogens with zero attached hydrogens (tertiary/aromatic N) is 2. The summed E-state index contributed by atoms with van der Waals surface area (Å²) in [7, 11) is -3.31. The van der Waals surface area contributed by atoms with Crippen molar-refractivity contribution in [3.8, 4) is 0 Å². The number of allylic oxidation sites excluding steroid dienone is 1. The summed E-state index contributed by atoms with van der Waals surface area (Å²) in [4.78, 5) is 17.4.